The van der Waals surface area contributed by atoms with E-state index >= 15 is 0 Å². The van der Waals surface area contributed by atoms with E-state index in [4.69, 9.17) is 21.1 Å². The van der Waals surface area contributed by atoms with E-state index < -0.39 is 0 Å². The Labute approximate surface area is 214 Å². The highest BCUT2D eigenvalue weighted by atomic mass is 35.5. The summed E-state index contributed by atoms with van der Waals surface area (Å²) < 4.78 is 11.9. The van der Waals surface area contributed by atoms with Crippen LogP contribution in [0.25, 0.3) is 11.1 Å². The summed E-state index contributed by atoms with van der Waals surface area (Å²) in [5.41, 5.74) is 11.5. The van der Waals surface area contributed by atoms with Gasteiger partial charge in [-0.25, -0.2) is 0 Å². The number of ether oxygens (including phenoxy) is 2. The molecule has 1 aliphatic rings. The van der Waals surface area contributed by atoms with E-state index in [9.17, 15) is 14.7 Å². The number of benzene rings is 3. The molecule has 0 fully saturated rings. The quantitative estimate of drug-likeness (QED) is 0.346. The van der Waals surface area contributed by atoms with Crippen LogP contribution >= 0.6 is 11.6 Å². The molecule has 9 heteroatoms. The minimum absolute atomic E-state index is 0.110. The number of carbonyl (C=O) groups excluding carboxylic acids is 2. The van der Waals surface area contributed by atoms with Gasteiger partial charge in [-0.2, -0.15) is 0 Å². The van der Waals surface area contributed by atoms with Gasteiger partial charge in [0.25, 0.3) is 0 Å². The number of nitrogens with zero attached hydrogens (tertiary/aromatic N) is 1. The van der Waals surface area contributed by atoms with Crippen molar-refractivity contribution in [3.05, 3.63) is 87.7 Å². The molecule has 8 nitrogen and oxygen atoms in total. The van der Waals surface area contributed by atoms with Crippen molar-refractivity contribution in [1.82, 2.24) is 16.0 Å². The molecule has 0 amide bonds. The lowest BCUT2D eigenvalue weighted by Crippen LogP contribution is -2.41. The zero-order valence-electron chi connectivity index (χ0n) is 19.9. The number of hydrogen-bond acceptors (Lipinski definition) is 8. The smallest absolute Gasteiger partial charge is 0.168 e. The Hall–Kier alpha value is -4.01. The third-order valence-electron chi connectivity index (χ3n) is 5.95. The zero-order valence-corrected chi connectivity index (χ0v) is 20.6. The van der Waals surface area contributed by atoms with Crippen molar-refractivity contribution >= 4 is 24.2 Å². The zero-order chi connectivity index (χ0) is 25.7. The number of phenolic OH excluding ortho intramolecular Hbond substituents is 1. The van der Waals surface area contributed by atoms with Gasteiger partial charge in [-0.3, -0.25) is 15.0 Å². The first-order valence-electron chi connectivity index (χ1n) is 11.3. The van der Waals surface area contributed by atoms with Gasteiger partial charge in [-0.05, 0) is 53.8 Å². The lowest BCUT2D eigenvalue weighted by Gasteiger charge is -2.19. The van der Waals surface area contributed by atoms with Gasteiger partial charge in [0, 0.05) is 12.3 Å². The Kier molecular flexibility index (Phi) is 7.77. The highest BCUT2D eigenvalue weighted by molar-refractivity contribution is 6.32. The lowest BCUT2D eigenvalue weighted by molar-refractivity contribution is -0.105. The topological polar surface area (TPSA) is 100 Å². The highest BCUT2D eigenvalue weighted by Gasteiger charge is 2.15. The largest absolute Gasteiger partial charge is 0.507 e. The van der Waals surface area contributed by atoms with Crippen molar-refractivity contribution < 1.29 is 24.2 Å². The second-order valence-corrected chi connectivity index (χ2v) is 8.63. The molecule has 3 aromatic carbocycles. The van der Waals surface area contributed by atoms with Gasteiger partial charge >= 0.3 is 0 Å². The summed E-state index contributed by atoms with van der Waals surface area (Å²) in [4.78, 5) is 21.8. The van der Waals surface area contributed by atoms with E-state index in [1.807, 2.05) is 50.2 Å². The first-order valence-corrected chi connectivity index (χ1v) is 11.7. The molecular weight excluding hydrogens is 482 g/mol. The highest BCUT2D eigenvalue weighted by Crippen LogP contribution is 2.35. The molecule has 0 unspecified atom stereocenters. The third-order valence-corrected chi connectivity index (χ3v) is 6.25. The maximum atomic E-state index is 11.0. The van der Waals surface area contributed by atoms with Gasteiger partial charge in [-0.1, -0.05) is 41.9 Å². The summed E-state index contributed by atoms with van der Waals surface area (Å²) in [6.45, 7) is 5.21. The van der Waals surface area contributed by atoms with Crippen LogP contribution in [-0.2, 0) is 11.4 Å². The number of nitrogens with one attached hydrogen (secondary N) is 2. The van der Waals surface area contributed by atoms with Gasteiger partial charge in [0.05, 0.1) is 17.1 Å². The number of aromatic hydroxyl groups is 1. The summed E-state index contributed by atoms with van der Waals surface area (Å²) in [5, 5.41) is 11.9. The third kappa shape index (κ3) is 5.45. The number of carbonyl (C=O) groups is 2. The van der Waals surface area contributed by atoms with Crippen molar-refractivity contribution in [3.8, 4) is 28.4 Å². The lowest BCUT2D eigenvalue weighted by atomic mass is 9.93. The van der Waals surface area contributed by atoms with Crippen LogP contribution in [0.3, 0.4) is 0 Å². The maximum absolute atomic E-state index is 11.0. The van der Waals surface area contributed by atoms with E-state index in [1.54, 1.807) is 11.3 Å². The van der Waals surface area contributed by atoms with Crippen LogP contribution in [0.2, 0.25) is 5.02 Å². The first-order chi connectivity index (χ1) is 17.4. The molecule has 186 valence electrons. The number of rotatable bonds is 10. The van der Waals surface area contributed by atoms with Crippen molar-refractivity contribution in [1.29, 1.82) is 0 Å². The van der Waals surface area contributed by atoms with Gasteiger partial charge in [0.1, 0.15) is 36.2 Å². The Bertz CT molecular complexity index is 1330. The molecule has 3 N–H and O–H groups in total. The molecule has 1 aliphatic heterocycles. The summed E-state index contributed by atoms with van der Waals surface area (Å²) in [5.74, 6) is 0.890. The molecule has 36 heavy (non-hydrogen) atoms. The van der Waals surface area contributed by atoms with Gasteiger partial charge in [0.2, 0.25) is 0 Å². The van der Waals surface area contributed by atoms with Crippen LogP contribution in [-0.4, -0.2) is 35.9 Å². The standard InChI is InChI=1S/C27H26ClN3O5/c1-17-19(16-36-27-12-25(34)20(14-32)11-24(27)28)5-3-6-22(17)23-7-4-8-26(18(23)2)35-10-9-31-29-13-21(15-33)30-31/h3-8,11-15,29-30,34H,9-10,16H2,1-2H3. The normalized spacial score (nSPS) is 12.9. The number of phenols is 1. The van der Waals surface area contributed by atoms with E-state index in [0.29, 0.717) is 30.9 Å². The van der Waals surface area contributed by atoms with Crippen LogP contribution in [0.5, 0.6) is 17.2 Å². The molecular formula is C27H26ClN3O5. The summed E-state index contributed by atoms with van der Waals surface area (Å²) >= 11 is 6.21. The molecule has 1 heterocycles. The molecule has 4 rings (SSSR count). The predicted octanol–water partition coefficient (Wildman–Crippen LogP) is 4.46. The molecule has 0 aliphatic carbocycles. The van der Waals surface area contributed by atoms with Crippen molar-refractivity contribution in [2.24, 2.45) is 0 Å². The predicted molar refractivity (Wildman–Crippen MR) is 137 cm³/mol. The SMILES string of the molecule is Cc1c(COc2cc(O)c(C=O)cc2Cl)cccc1-c1cccc(OCCN2NC=C(C=O)N2)c1C. The molecule has 0 saturated heterocycles. The average molecular weight is 508 g/mol. The second-order valence-electron chi connectivity index (χ2n) is 8.22. The van der Waals surface area contributed by atoms with E-state index in [1.165, 1.54) is 12.1 Å². The molecule has 0 spiro atoms. The Morgan fingerprint density at radius 3 is 2.44 bits per heavy atom. The van der Waals surface area contributed by atoms with E-state index in [0.717, 1.165) is 39.9 Å². The van der Waals surface area contributed by atoms with Crippen LogP contribution in [0.15, 0.2) is 60.4 Å². The maximum Gasteiger partial charge on any atom is 0.168 e. The molecule has 0 aromatic heterocycles. The number of halogens is 1. The average Bonchev–Trinajstić information content (AvgIpc) is 3.34. The van der Waals surface area contributed by atoms with Gasteiger partial charge in [-0.15, -0.1) is 5.12 Å². The first kappa shape index (κ1) is 25.1. The number of hydrazine groups is 2. The number of hydrogen-bond donors (Lipinski definition) is 3. The molecule has 0 atom stereocenters. The van der Waals surface area contributed by atoms with Crippen LogP contribution in [0, 0.1) is 13.8 Å². The summed E-state index contributed by atoms with van der Waals surface area (Å²) in [7, 11) is 0. The molecule has 0 bridgehead atoms. The van der Waals surface area contributed by atoms with Gasteiger partial charge < -0.3 is 20.0 Å². The Morgan fingerprint density at radius 1 is 0.972 bits per heavy atom. The summed E-state index contributed by atoms with van der Waals surface area (Å²) in [6.07, 6.45) is 2.87. The van der Waals surface area contributed by atoms with Crippen molar-refractivity contribution in [2.75, 3.05) is 13.2 Å². The molecule has 0 saturated carbocycles. The Balaban J connectivity index is 1.47. The van der Waals surface area contributed by atoms with E-state index in [2.05, 4.69) is 10.9 Å². The minimum atomic E-state index is -0.181. The fourth-order valence-corrected chi connectivity index (χ4v) is 4.13. The number of allylic oxidation sites excluding steroid dienone is 1. The van der Waals surface area contributed by atoms with Crippen LogP contribution in [0.4, 0.5) is 0 Å². The van der Waals surface area contributed by atoms with Gasteiger partial charge in [0.15, 0.2) is 12.6 Å². The fraction of sp³-hybridized carbons (Fsp3) is 0.185. The second kappa shape index (κ2) is 11.2. The van der Waals surface area contributed by atoms with E-state index in [-0.39, 0.29) is 22.9 Å². The van der Waals surface area contributed by atoms with Crippen LogP contribution < -0.4 is 20.3 Å². The number of aldehydes is 2. The van der Waals surface area contributed by atoms with Crippen molar-refractivity contribution in [2.45, 2.75) is 20.5 Å². The summed E-state index contributed by atoms with van der Waals surface area (Å²) in [6, 6.07) is 14.6. The molecule has 0 radical (unpaired) electrons. The minimum Gasteiger partial charge on any atom is -0.507 e. The van der Waals surface area contributed by atoms with Crippen LogP contribution in [0.1, 0.15) is 27.0 Å². The van der Waals surface area contributed by atoms with Crippen molar-refractivity contribution in [3.63, 3.8) is 0 Å². The fourth-order valence-electron chi connectivity index (χ4n) is 3.91. The molecule has 3 aromatic rings. The monoisotopic (exact) mass is 507 g/mol. The Morgan fingerprint density at radius 2 is 1.72 bits per heavy atom.